The van der Waals surface area contributed by atoms with Crippen molar-refractivity contribution >= 4 is 5.95 Å². The summed E-state index contributed by atoms with van der Waals surface area (Å²) in [6.45, 7) is 2.71. The maximum absolute atomic E-state index is 8.95. The molecule has 5 heteroatoms. The van der Waals surface area contributed by atoms with Crippen molar-refractivity contribution in [1.29, 1.82) is 5.26 Å². The monoisotopic (exact) mass is 293 g/mol. The zero-order chi connectivity index (χ0) is 15.2. The standard InChI is InChI=1S/C17H19N5/c18-11-14-4-1-5-15(10-14)12-21-16-6-2-9-22(13-16)17-19-7-3-8-20-17/h1,3-5,7-8,10,16,21H,2,6,9,12-13H2. The molecule has 1 fully saturated rings. The second kappa shape index (κ2) is 7.01. The van der Waals surface area contributed by atoms with E-state index in [0.717, 1.165) is 44.0 Å². The number of piperidine rings is 1. The summed E-state index contributed by atoms with van der Waals surface area (Å²) < 4.78 is 0. The second-order valence-corrected chi connectivity index (χ2v) is 5.53. The van der Waals surface area contributed by atoms with E-state index < -0.39 is 0 Å². The lowest BCUT2D eigenvalue weighted by Gasteiger charge is -2.33. The van der Waals surface area contributed by atoms with Crippen molar-refractivity contribution in [3.05, 3.63) is 53.9 Å². The van der Waals surface area contributed by atoms with Crippen molar-refractivity contribution in [3.63, 3.8) is 0 Å². The summed E-state index contributed by atoms with van der Waals surface area (Å²) >= 11 is 0. The molecule has 2 aromatic rings. The van der Waals surface area contributed by atoms with Gasteiger partial charge in [0, 0.05) is 38.1 Å². The van der Waals surface area contributed by atoms with E-state index in [-0.39, 0.29) is 0 Å². The van der Waals surface area contributed by atoms with E-state index >= 15 is 0 Å². The molecular weight excluding hydrogens is 274 g/mol. The quantitative estimate of drug-likeness (QED) is 0.935. The number of aromatic nitrogens is 2. The third-order valence-corrected chi connectivity index (χ3v) is 3.91. The van der Waals surface area contributed by atoms with Crippen molar-refractivity contribution in [1.82, 2.24) is 15.3 Å². The summed E-state index contributed by atoms with van der Waals surface area (Å²) in [5, 5.41) is 12.5. The molecule has 1 unspecified atom stereocenters. The van der Waals surface area contributed by atoms with Gasteiger partial charge in [-0.05, 0) is 36.6 Å². The van der Waals surface area contributed by atoms with Gasteiger partial charge in [-0.25, -0.2) is 9.97 Å². The van der Waals surface area contributed by atoms with Crippen molar-refractivity contribution in [3.8, 4) is 6.07 Å². The van der Waals surface area contributed by atoms with E-state index in [4.69, 9.17) is 5.26 Å². The van der Waals surface area contributed by atoms with Gasteiger partial charge in [0.25, 0.3) is 0 Å². The van der Waals surface area contributed by atoms with Gasteiger partial charge in [-0.1, -0.05) is 12.1 Å². The fourth-order valence-electron chi connectivity index (χ4n) is 2.79. The second-order valence-electron chi connectivity index (χ2n) is 5.53. The number of nitrogens with zero attached hydrogens (tertiary/aromatic N) is 4. The molecule has 1 aliphatic heterocycles. The number of anilines is 1. The Morgan fingerprint density at radius 3 is 2.95 bits per heavy atom. The van der Waals surface area contributed by atoms with Gasteiger partial charge in [0.2, 0.25) is 5.95 Å². The highest BCUT2D eigenvalue weighted by Gasteiger charge is 2.21. The highest BCUT2D eigenvalue weighted by atomic mass is 15.3. The molecule has 0 saturated carbocycles. The van der Waals surface area contributed by atoms with Crippen LogP contribution in [0.1, 0.15) is 24.0 Å². The Kier molecular flexibility index (Phi) is 4.62. The molecule has 1 aliphatic rings. The summed E-state index contributed by atoms with van der Waals surface area (Å²) in [5.74, 6) is 0.806. The Morgan fingerprint density at radius 2 is 2.14 bits per heavy atom. The van der Waals surface area contributed by atoms with E-state index in [1.54, 1.807) is 12.4 Å². The zero-order valence-corrected chi connectivity index (χ0v) is 12.4. The summed E-state index contributed by atoms with van der Waals surface area (Å²) in [6.07, 6.45) is 5.86. The van der Waals surface area contributed by atoms with Crippen molar-refractivity contribution < 1.29 is 0 Å². The predicted molar refractivity (Wildman–Crippen MR) is 85.3 cm³/mol. The van der Waals surface area contributed by atoms with Crippen LogP contribution in [0.4, 0.5) is 5.95 Å². The van der Waals surface area contributed by atoms with Crippen LogP contribution in [0.3, 0.4) is 0 Å². The maximum atomic E-state index is 8.95. The number of nitrogens with one attached hydrogen (secondary N) is 1. The van der Waals surface area contributed by atoms with Gasteiger partial charge in [0.15, 0.2) is 0 Å². The zero-order valence-electron chi connectivity index (χ0n) is 12.4. The molecule has 0 amide bonds. The molecule has 1 aromatic carbocycles. The third kappa shape index (κ3) is 3.60. The topological polar surface area (TPSA) is 64.8 Å². The van der Waals surface area contributed by atoms with E-state index in [9.17, 15) is 0 Å². The van der Waals surface area contributed by atoms with Gasteiger partial charge in [0.1, 0.15) is 0 Å². The molecule has 1 N–H and O–H groups in total. The minimum absolute atomic E-state index is 0.420. The van der Waals surface area contributed by atoms with Crippen molar-refractivity contribution in [2.24, 2.45) is 0 Å². The van der Waals surface area contributed by atoms with Gasteiger partial charge < -0.3 is 10.2 Å². The number of benzene rings is 1. The van der Waals surface area contributed by atoms with E-state index in [1.807, 2.05) is 24.3 Å². The third-order valence-electron chi connectivity index (χ3n) is 3.91. The Morgan fingerprint density at radius 1 is 1.27 bits per heavy atom. The lowest BCUT2D eigenvalue weighted by Crippen LogP contribution is -2.46. The first kappa shape index (κ1) is 14.5. The van der Waals surface area contributed by atoms with Crippen LogP contribution in [0, 0.1) is 11.3 Å². The van der Waals surface area contributed by atoms with E-state index in [0.29, 0.717) is 11.6 Å². The van der Waals surface area contributed by atoms with Gasteiger partial charge in [0.05, 0.1) is 11.6 Å². The molecule has 0 radical (unpaired) electrons. The summed E-state index contributed by atoms with van der Waals surface area (Å²) in [4.78, 5) is 10.9. The number of hydrogen-bond donors (Lipinski definition) is 1. The maximum Gasteiger partial charge on any atom is 0.225 e. The molecular formula is C17H19N5. The molecule has 1 saturated heterocycles. The van der Waals surface area contributed by atoms with Gasteiger partial charge >= 0.3 is 0 Å². The number of nitriles is 1. The molecule has 0 bridgehead atoms. The molecule has 1 aromatic heterocycles. The smallest absolute Gasteiger partial charge is 0.225 e. The molecule has 1 atom stereocenters. The van der Waals surface area contributed by atoms with E-state index in [1.165, 1.54) is 0 Å². The summed E-state index contributed by atoms with van der Waals surface area (Å²) in [5.41, 5.74) is 1.86. The number of hydrogen-bond acceptors (Lipinski definition) is 5. The summed E-state index contributed by atoms with van der Waals surface area (Å²) in [7, 11) is 0. The van der Waals surface area contributed by atoms with Crippen LogP contribution in [0.5, 0.6) is 0 Å². The molecule has 22 heavy (non-hydrogen) atoms. The predicted octanol–water partition coefficient (Wildman–Crippen LogP) is 2.11. The largest absolute Gasteiger partial charge is 0.339 e. The Bertz CT molecular complexity index is 650. The lowest BCUT2D eigenvalue weighted by molar-refractivity contribution is 0.418. The van der Waals surface area contributed by atoms with Crippen molar-refractivity contribution in [2.45, 2.75) is 25.4 Å². The Balaban J connectivity index is 1.58. The highest BCUT2D eigenvalue weighted by Crippen LogP contribution is 2.15. The van der Waals surface area contributed by atoms with Gasteiger partial charge in [-0.2, -0.15) is 5.26 Å². The average Bonchev–Trinajstić information content (AvgIpc) is 2.61. The molecule has 0 spiro atoms. The molecule has 5 nitrogen and oxygen atoms in total. The highest BCUT2D eigenvalue weighted by molar-refractivity contribution is 5.33. The SMILES string of the molecule is N#Cc1cccc(CNC2CCCN(c3ncccn3)C2)c1. The lowest BCUT2D eigenvalue weighted by atomic mass is 10.1. The fourth-order valence-corrected chi connectivity index (χ4v) is 2.79. The molecule has 0 aliphatic carbocycles. The number of rotatable bonds is 4. The fraction of sp³-hybridized carbons (Fsp3) is 0.353. The van der Waals surface area contributed by atoms with Crippen LogP contribution >= 0.6 is 0 Å². The first-order valence-corrected chi connectivity index (χ1v) is 7.59. The van der Waals surface area contributed by atoms with Gasteiger partial charge in [-0.3, -0.25) is 0 Å². The molecule has 3 rings (SSSR count). The Labute approximate surface area is 130 Å². The van der Waals surface area contributed by atoms with Crippen LogP contribution in [0.2, 0.25) is 0 Å². The van der Waals surface area contributed by atoms with Crippen LogP contribution in [-0.4, -0.2) is 29.1 Å². The van der Waals surface area contributed by atoms with Gasteiger partial charge in [-0.15, -0.1) is 0 Å². The first-order chi connectivity index (χ1) is 10.8. The minimum Gasteiger partial charge on any atom is -0.339 e. The first-order valence-electron chi connectivity index (χ1n) is 7.59. The molecule has 2 heterocycles. The van der Waals surface area contributed by atoms with Crippen LogP contribution in [0.15, 0.2) is 42.7 Å². The normalized spacial score (nSPS) is 18.0. The molecule has 112 valence electrons. The van der Waals surface area contributed by atoms with Crippen LogP contribution in [0.25, 0.3) is 0 Å². The van der Waals surface area contributed by atoms with E-state index in [2.05, 4.69) is 32.3 Å². The van der Waals surface area contributed by atoms with Crippen LogP contribution in [-0.2, 0) is 6.54 Å². The summed E-state index contributed by atoms with van der Waals surface area (Å²) in [6, 6.07) is 12.2. The van der Waals surface area contributed by atoms with Crippen molar-refractivity contribution in [2.75, 3.05) is 18.0 Å². The van der Waals surface area contributed by atoms with Crippen LogP contribution < -0.4 is 10.2 Å². The minimum atomic E-state index is 0.420. The average molecular weight is 293 g/mol. The Hall–Kier alpha value is -2.45.